The molecule has 110 valence electrons. The molecule has 3 rings (SSSR count). The number of ether oxygens (including phenoxy) is 1. The molecular formula is C11H16N4O3S2. The summed E-state index contributed by atoms with van der Waals surface area (Å²) >= 11 is 1.39. The molecule has 1 aliphatic rings. The van der Waals surface area contributed by atoms with Gasteiger partial charge < -0.3 is 10.1 Å². The Morgan fingerprint density at radius 2 is 2.35 bits per heavy atom. The van der Waals surface area contributed by atoms with E-state index in [1.165, 1.54) is 11.3 Å². The monoisotopic (exact) mass is 316 g/mol. The van der Waals surface area contributed by atoms with E-state index in [-0.39, 0.29) is 5.03 Å². The minimum atomic E-state index is -3.68. The lowest BCUT2D eigenvalue weighted by Gasteiger charge is -2.23. The summed E-state index contributed by atoms with van der Waals surface area (Å²) in [6.07, 6.45) is 2.36. The zero-order chi connectivity index (χ0) is 14.4. The number of hydrogen-bond donors (Lipinski definition) is 2. The Labute approximate surface area is 121 Å². The molecule has 0 bridgehead atoms. The van der Waals surface area contributed by atoms with E-state index < -0.39 is 15.6 Å². The van der Waals surface area contributed by atoms with E-state index in [1.54, 1.807) is 23.0 Å². The van der Waals surface area contributed by atoms with Gasteiger partial charge in [0.2, 0.25) is 0 Å². The molecular weight excluding hydrogens is 300 g/mol. The van der Waals surface area contributed by atoms with E-state index in [2.05, 4.69) is 15.0 Å². The fraction of sp³-hybridized carbons (Fsp3) is 0.545. The van der Waals surface area contributed by atoms with Crippen molar-refractivity contribution < 1.29 is 13.2 Å². The summed E-state index contributed by atoms with van der Waals surface area (Å²) in [4.78, 5) is 4.92. The molecule has 0 saturated carbocycles. The molecule has 1 aliphatic heterocycles. The largest absolute Gasteiger partial charge is 0.379 e. The number of thiazole rings is 1. The van der Waals surface area contributed by atoms with Gasteiger partial charge in [0.1, 0.15) is 0 Å². The highest BCUT2D eigenvalue weighted by Gasteiger charge is 2.37. The van der Waals surface area contributed by atoms with Gasteiger partial charge in [-0.3, -0.25) is 4.40 Å². The van der Waals surface area contributed by atoms with Crippen molar-refractivity contribution in [2.45, 2.75) is 23.9 Å². The molecule has 1 atom stereocenters. The SMILES string of the molecule is CNc1nc2sccn2c1S(=O)(=O)NC1(C)CCOC1. The summed E-state index contributed by atoms with van der Waals surface area (Å²) in [5.41, 5.74) is -0.565. The van der Waals surface area contributed by atoms with Gasteiger partial charge in [0.05, 0.1) is 12.1 Å². The van der Waals surface area contributed by atoms with Crippen LogP contribution in [0.2, 0.25) is 0 Å². The van der Waals surface area contributed by atoms with E-state index in [1.807, 2.05) is 6.92 Å². The smallest absolute Gasteiger partial charge is 0.260 e. The van der Waals surface area contributed by atoms with Crippen molar-refractivity contribution >= 4 is 32.1 Å². The number of anilines is 1. The molecule has 3 heterocycles. The molecule has 1 unspecified atom stereocenters. The first-order valence-electron chi connectivity index (χ1n) is 6.20. The van der Waals surface area contributed by atoms with Crippen LogP contribution in [0.15, 0.2) is 16.6 Å². The van der Waals surface area contributed by atoms with Gasteiger partial charge in [-0.1, -0.05) is 0 Å². The first-order valence-corrected chi connectivity index (χ1v) is 8.56. The first-order chi connectivity index (χ1) is 9.45. The van der Waals surface area contributed by atoms with E-state index in [0.29, 0.717) is 30.4 Å². The maximum atomic E-state index is 12.7. The fourth-order valence-electron chi connectivity index (χ4n) is 2.30. The Bertz CT molecular complexity index is 728. The highest BCUT2D eigenvalue weighted by atomic mass is 32.2. The quantitative estimate of drug-likeness (QED) is 0.875. The predicted octanol–water partition coefficient (Wildman–Crippen LogP) is 0.895. The average Bonchev–Trinajstić information content (AvgIpc) is 3.01. The second-order valence-electron chi connectivity index (χ2n) is 5.04. The zero-order valence-corrected chi connectivity index (χ0v) is 12.8. The van der Waals surface area contributed by atoms with Crippen molar-refractivity contribution in [3.05, 3.63) is 11.6 Å². The number of sulfonamides is 1. The van der Waals surface area contributed by atoms with E-state index in [4.69, 9.17) is 4.74 Å². The lowest BCUT2D eigenvalue weighted by atomic mass is 10.0. The fourth-order valence-corrected chi connectivity index (χ4v) is 4.79. The third-order valence-corrected chi connectivity index (χ3v) is 5.73. The van der Waals surface area contributed by atoms with Crippen LogP contribution in [-0.4, -0.2) is 43.6 Å². The van der Waals surface area contributed by atoms with E-state index in [9.17, 15) is 8.42 Å². The molecule has 20 heavy (non-hydrogen) atoms. The minimum absolute atomic E-state index is 0.143. The average molecular weight is 316 g/mol. The first kappa shape index (κ1) is 13.8. The number of rotatable bonds is 4. The van der Waals surface area contributed by atoms with E-state index >= 15 is 0 Å². The lowest BCUT2D eigenvalue weighted by Crippen LogP contribution is -2.46. The van der Waals surface area contributed by atoms with Gasteiger partial charge in [0, 0.05) is 25.2 Å². The number of aromatic nitrogens is 2. The van der Waals surface area contributed by atoms with Crippen LogP contribution in [0.4, 0.5) is 5.82 Å². The van der Waals surface area contributed by atoms with Crippen LogP contribution in [0.5, 0.6) is 0 Å². The number of hydrogen-bond acceptors (Lipinski definition) is 6. The number of nitrogens with zero attached hydrogens (tertiary/aromatic N) is 2. The van der Waals surface area contributed by atoms with E-state index in [0.717, 1.165) is 0 Å². The van der Waals surface area contributed by atoms with Crippen LogP contribution in [0.3, 0.4) is 0 Å². The Morgan fingerprint density at radius 1 is 1.55 bits per heavy atom. The van der Waals surface area contributed by atoms with Gasteiger partial charge in [0.25, 0.3) is 10.0 Å². The van der Waals surface area contributed by atoms with Gasteiger partial charge in [-0.05, 0) is 13.3 Å². The van der Waals surface area contributed by atoms with Crippen LogP contribution in [0.1, 0.15) is 13.3 Å². The number of fused-ring (bicyclic) bond motifs is 1. The van der Waals surface area contributed by atoms with Crippen molar-refractivity contribution in [3.8, 4) is 0 Å². The second kappa shape index (κ2) is 4.69. The molecule has 1 fully saturated rings. The Morgan fingerprint density at radius 3 is 3.00 bits per heavy atom. The molecule has 0 radical (unpaired) electrons. The highest BCUT2D eigenvalue weighted by molar-refractivity contribution is 7.89. The third kappa shape index (κ3) is 2.20. The molecule has 2 aromatic heterocycles. The topological polar surface area (TPSA) is 84.7 Å². The van der Waals surface area contributed by atoms with Gasteiger partial charge in [0.15, 0.2) is 15.8 Å². The van der Waals surface area contributed by atoms with Gasteiger partial charge >= 0.3 is 0 Å². The van der Waals surface area contributed by atoms with Crippen molar-refractivity contribution in [2.75, 3.05) is 25.6 Å². The van der Waals surface area contributed by atoms with Gasteiger partial charge in [-0.15, -0.1) is 11.3 Å². The predicted molar refractivity (Wildman–Crippen MR) is 76.8 cm³/mol. The summed E-state index contributed by atoms with van der Waals surface area (Å²) in [6, 6.07) is 0. The summed E-state index contributed by atoms with van der Waals surface area (Å²) in [6.45, 7) is 2.80. The molecule has 0 aromatic carbocycles. The van der Waals surface area contributed by atoms with Crippen LogP contribution >= 0.6 is 11.3 Å². The van der Waals surface area contributed by atoms with Crippen LogP contribution in [-0.2, 0) is 14.8 Å². The number of nitrogens with one attached hydrogen (secondary N) is 2. The van der Waals surface area contributed by atoms with Crippen LogP contribution in [0, 0.1) is 0 Å². The highest BCUT2D eigenvalue weighted by Crippen LogP contribution is 2.28. The third-order valence-electron chi connectivity index (χ3n) is 3.31. The number of imidazole rings is 1. The van der Waals surface area contributed by atoms with Gasteiger partial charge in [-0.25, -0.2) is 18.1 Å². The molecule has 7 nitrogen and oxygen atoms in total. The Kier molecular flexibility index (Phi) is 3.24. The lowest BCUT2D eigenvalue weighted by molar-refractivity contribution is 0.178. The van der Waals surface area contributed by atoms with Crippen molar-refractivity contribution in [1.29, 1.82) is 0 Å². The summed E-state index contributed by atoms with van der Waals surface area (Å²) in [5.74, 6) is 0.354. The summed E-state index contributed by atoms with van der Waals surface area (Å²) in [5, 5.41) is 4.79. The van der Waals surface area contributed by atoms with Crippen LogP contribution in [0.25, 0.3) is 4.96 Å². The molecule has 0 aliphatic carbocycles. The zero-order valence-electron chi connectivity index (χ0n) is 11.2. The maximum Gasteiger partial charge on any atom is 0.260 e. The summed E-state index contributed by atoms with van der Waals surface area (Å²) < 4.78 is 35.0. The second-order valence-corrected chi connectivity index (χ2v) is 7.51. The molecule has 2 aromatic rings. The Hall–Kier alpha value is -1.16. The molecule has 9 heteroatoms. The molecule has 2 N–H and O–H groups in total. The van der Waals surface area contributed by atoms with Gasteiger partial charge in [-0.2, -0.15) is 0 Å². The van der Waals surface area contributed by atoms with Crippen molar-refractivity contribution in [1.82, 2.24) is 14.1 Å². The standard InChI is InChI=1S/C11H16N4O3S2/c1-11(3-5-18-7-11)14-20(16,17)9-8(12-2)13-10-15(9)4-6-19-10/h4,6,12,14H,3,5,7H2,1-2H3. The normalized spacial score (nSPS) is 23.5. The Balaban J connectivity index is 2.06. The van der Waals surface area contributed by atoms with Crippen LogP contribution < -0.4 is 10.0 Å². The maximum absolute atomic E-state index is 12.7. The molecule has 0 amide bonds. The van der Waals surface area contributed by atoms with Crippen molar-refractivity contribution in [2.24, 2.45) is 0 Å². The molecule has 0 spiro atoms. The minimum Gasteiger partial charge on any atom is -0.379 e. The summed E-state index contributed by atoms with van der Waals surface area (Å²) in [7, 11) is -2.02. The van der Waals surface area contributed by atoms with Crippen molar-refractivity contribution in [3.63, 3.8) is 0 Å². The molecule has 1 saturated heterocycles.